The van der Waals surface area contributed by atoms with Crippen LogP contribution in [0.25, 0.3) is 0 Å². The van der Waals surface area contributed by atoms with Crippen LogP contribution in [0.2, 0.25) is 0 Å². The van der Waals surface area contributed by atoms with Crippen LogP contribution >= 0.6 is 0 Å². The second kappa shape index (κ2) is 7.19. The van der Waals surface area contributed by atoms with Gasteiger partial charge in [-0.25, -0.2) is 0 Å². The number of amides is 1. The molecule has 6 heteroatoms. The third-order valence-corrected chi connectivity index (χ3v) is 4.24. The Hall–Kier alpha value is -1.79. The molecule has 1 aromatic carbocycles. The number of aromatic hydroxyl groups is 2. The van der Waals surface area contributed by atoms with Crippen LogP contribution in [0.4, 0.5) is 0 Å². The molecule has 1 unspecified atom stereocenters. The standard InChI is InChI=1S/C17H23NO5/c19-14-3-4-15(16(20)7-14)17(21)18-5-6-22-10-13(8-18)11-23-9-12-1-2-12/h3-4,7,12-13,19-20H,1-2,5-6,8-11H2. The highest BCUT2D eigenvalue weighted by atomic mass is 16.5. The van der Waals surface area contributed by atoms with Crippen molar-refractivity contribution in [3.8, 4) is 11.5 Å². The summed E-state index contributed by atoms with van der Waals surface area (Å²) in [6.07, 6.45) is 2.51. The molecule has 1 aromatic rings. The van der Waals surface area contributed by atoms with E-state index in [0.717, 1.165) is 6.61 Å². The lowest BCUT2D eigenvalue weighted by Gasteiger charge is -2.24. The van der Waals surface area contributed by atoms with Gasteiger partial charge in [-0.1, -0.05) is 0 Å². The number of phenols is 2. The first-order chi connectivity index (χ1) is 11.1. The first-order valence-electron chi connectivity index (χ1n) is 8.10. The van der Waals surface area contributed by atoms with Gasteiger partial charge in [-0.15, -0.1) is 0 Å². The van der Waals surface area contributed by atoms with E-state index in [-0.39, 0.29) is 28.9 Å². The molecule has 2 aliphatic rings. The van der Waals surface area contributed by atoms with E-state index in [4.69, 9.17) is 9.47 Å². The van der Waals surface area contributed by atoms with Crippen LogP contribution in [-0.4, -0.2) is 60.5 Å². The Kier molecular flexibility index (Phi) is 5.03. The first-order valence-corrected chi connectivity index (χ1v) is 8.10. The predicted molar refractivity (Wildman–Crippen MR) is 83.5 cm³/mol. The summed E-state index contributed by atoms with van der Waals surface area (Å²) in [4.78, 5) is 14.3. The lowest BCUT2D eigenvalue weighted by Crippen LogP contribution is -2.37. The van der Waals surface area contributed by atoms with E-state index in [1.807, 2.05) is 0 Å². The molecule has 3 rings (SSSR count). The number of ether oxygens (including phenoxy) is 2. The second-order valence-corrected chi connectivity index (χ2v) is 6.37. The molecule has 0 radical (unpaired) electrons. The van der Waals surface area contributed by atoms with Crippen LogP contribution in [0.15, 0.2) is 18.2 Å². The van der Waals surface area contributed by atoms with E-state index >= 15 is 0 Å². The maximum Gasteiger partial charge on any atom is 0.257 e. The average molecular weight is 321 g/mol. The summed E-state index contributed by atoms with van der Waals surface area (Å²) < 4.78 is 11.3. The Balaban J connectivity index is 1.61. The summed E-state index contributed by atoms with van der Waals surface area (Å²) in [6.45, 7) is 3.47. The van der Waals surface area contributed by atoms with Crippen molar-refractivity contribution >= 4 is 5.91 Å². The van der Waals surface area contributed by atoms with Crippen molar-refractivity contribution in [1.82, 2.24) is 4.90 Å². The Labute approximate surface area is 135 Å². The van der Waals surface area contributed by atoms with Gasteiger partial charge in [0, 0.05) is 31.7 Å². The third kappa shape index (κ3) is 4.36. The van der Waals surface area contributed by atoms with Crippen molar-refractivity contribution in [3.05, 3.63) is 23.8 Å². The molecule has 1 amide bonds. The molecular weight excluding hydrogens is 298 g/mol. The summed E-state index contributed by atoms with van der Waals surface area (Å²) in [5.41, 5.74) is 0.197. The van der Waals surface area contributed by atoms with Gasteiger partial charge in [0.05, 0.1) is 25.4 Å². The maximum atomic E-state index is 12.6. The number of rotatable bonds is 5. The fourth-order valence-electron chi connectivity index (χ4n) is 2.72. The monoisotopic (exact) mass is 321 g/mol. The Morgan fingerprint density at radius 3 is 2.78 bits per heavy atom. The topological polar surface area (TPSA) is 79.2 Å². The average Bonchev–Trinajstić information content (AvgIpc) is 3.34. The quantitative estimate of drug-likeness (QED) is 0.861. The molecule has 23 heavy (non-hydrogen) atoms. The third-order valence-electron chi connectivity index (χ3n) is 4.24. The number of hydrogen-bond donors (Lipinski definition) is 2. The van der Waals surface area contributed by atoms with Crippen LogP contribution in [0.5, 0.6) is 11.5 Å². The number of hydrogen-bond acceptors (Lipinski definition) is 5. The summed E-state index contributed by atoms with van der Waals surface area (Å²) in [7, 11) is 0. The second-order valence-electron chi connectivity index (χ2n) is 6.37. The molecule has 1 saturated heterocycles. The molecule has 1 aliphatic heterocycles. The van der Waals surface area contributed by atoms with Crippen molar-refractivity contribution in [2.75, 3.05) is 39.5 Å². The van der Waals surface area contributed by atoms with E-state index in [9.17, 15) is 15.0 Å². The predicted octanol–water partition coefficient (Wildman–Crippen LogP) is 1.61. The van der Waals surface area contributed by atoms with E-state index in [1.165, 1.54) is 31.0 Å². The fourth-order valence-corrected chi connectivity index (χ4v) is 2.72. The van der Waals surface area contributed by atoms with Gasteiger partial charge in [-0.05, 0) is 30.9 Å². The van der Waals surface area contributed by atoms with Gasteiger partial charge in [0.15, 0.2) is 0 Å². The smallest absolute Gasteiger partial charge is 0.257 e. The number of carbonyl (C=O) groups excluding carboxylic acids is 1. The molecule has 2 fully saturated rings. The van der Waals surface area contributed by atoms with E-state index in [1.54, 1.807) is 4.90 Å². The van der Waals surface area contributed by atoms with Crippen LogP contribution in [0.3, 0.4) is 0 Å². The van der Waals surface area contributed by atoms with Gasteiger partial charge in [0.25, 0.3) is 5.91 Å². The highest BCUT2D eigenvalue weighted by Gasteiger charge is 2.26. The zero-order chi connectivity index (χ0) is 16.2. The van der Waals surface area contributed by atoms with Crippen LogP contribution in [0, 0.1) is 11.8 Å². The fraction of sp³-hybridized carbons (Fsp3) is 0.588. The molecule has 1 aliphatic carbocycles. The molecule has 1 atom stereocenters. The van der Waals surface area contributed by atoms with Gasteiger partial charge in [0.2, 0.25) is 0 Å². The largest absolute Gasteiger partial charge is 0.508 e. The molecule has 0 spiro atoms. The van der Waals surface area contributed by atoms with Crippen molar-refractivity contribution in [1.29, 1.82) is 0 Å². The van der Waals surface area contributed by atoms with Crippen molar-refractivity contribution < 1.29 is 24.5 Å². The lowest BCUT2D eigenvalue weighted by molar-refractivity contribution is 0.0470. The van der Waals surface area contributed by atoms with Gasteiger partial charge in [-0.3, -0.25) is 4.79 Å². The number of phenolic OH excluding ortho intramolecular Hbond substituents is 2. The molecule has 1 heterocycles. The lowest BCUT2D eigenvalue weighted by atomic mass is 10.1. The van der Waals surface area contributed by atoms with E-state index < -0.39 is 0 Å². The number of nitrogens with zero attached hydrogens (tertiary/aromatic N) is 1. The molecular formula is C17H23NO5. The SMILES string of the molecule is O=C(c1ccc(O)cc1O)N1CCOCC(COCC2CC2)C1. The summed E-state index contributed by atoms with van der Waals surface area (Å²) in [5.74, 6) is 0.333. The molecule has 126 valence electrons. The summed E-state index contributed by atoms with van der Waals surface area (Å²) in [6, 6.07) is 4.02. The van der Waals surface area contributed by atoms with E-state index in [0.29, 0.717) is 38.8 Å². The van der Waals surface area contributed by atoms with E-state index in [2.05, 4.69) is 0 Å². The number of benzene rings is 1. The van der Waals surface area contributed by atoms with Gasteiger partial charge in [-0.2, -0.15) is 0 Å². The minimum atomic E-state index is -0.250. The Bertz CT molecular complexity index is 558. The molecule has 0 bridgehead atoms. The minimum absolute atomic E-state index is 0.0652. The first kappa shape index (κ1) is 16.1. The summed E-state index contributed by atoms with van der Waals surface area (Å²) in [5, 5.41) is 19.2. The highest BCUT2D eigenvalue weighted by molar-refractivity contribution is 5.97. The molecule has 2 N–H and O–H groups in total. The van der Waals surface area contributed by atoms with Crippen molar-refractivity contribution in [2.45, 2.75) is 12.8 Å². The van der Waals surface area contributed by atoms with Crippen LogP contribution in [-0.2, 0) is 9.47 Å². The normalized spacial score (nSPS) is 21.9. The molecule has 0 aromatic heterocycles. The van der Waals surface area contributed by atoms with Gasteiger partial charge in [0.1, 0.15) is 11.5 Å². The molecule has 6 nitrogen and oxygen atoms in total. The van der Waals surface area contributed by atoms with Crippen molar-refractivity contribution in [2.24, 2.45) is 11.8 Å². The zero-order valence-electron chi connectivity index (χ0n) is 13.1. The maximum absolute atomic E-state index is 12.6. The van der Waals surface area contributed by atoms with Gasteiger partial charge < -0.3 is 24.6 Å². The van der Waals surface area contributed by atoms with Gasteiger partial charge >= 0.3 is 0 Å². The summed E-state index contributed by atoms with van der Waals surface area (Å²) >= 11 is 0. The Morgan fingerprint density at radius 1 is 1.26 bits per heavy atom. The number of carbonyl (C=O) groups is 1. The van der Waals surface area contributed by atoms with Crippen LogP contribution in [0.1, 0.15) is 23.2 Å². The molecule has 1 saturated carbocycles. The van der Waals surface area contributed by atoms with Crippen LogP contribution < -0.4 is 0 Å². The Morgan fingerprint density at radius 2 is 2.04 bits per heavy atom. The highest BCUT2D eigenvalue weighted by Crippen LogP contribution is 2.29. The van der Waals surface area contributed by atoms with Crippen molar-refractivity contribution in [3.63, 3.8) is 0 Å². The zero-order valence-corrected chi connectivity index (χ0v) is 13.1. The minimum Gasteiger partial charge on any atom is -0.508 e.